The van der Waals surface area contributed by atoms with Crippen molar-refractivity contribution in [2.45, 2.75) is 76.3 Å². The van der Waals surface area contributed by atoms with Crippen LogP contribution in [0.3, 0.4) is 0 Å². The first-order valence-electron chi connectivity index (χ1n) is 14.2. The topological polar surface area (TPSA) is 304 Å². The summed E-state index contributed by atoms with van der Waals surface area (Å²) in [5.41, 5.74) is 5.69. The first-order valence-corrected chi connectivity index (χ1v) is 15.5. The maximum Gasteiger partial charge on any atom is 0.405 e. The van der Waals surface area contributed by atoms with Gasteiger partial charge in [0.25, 0.3) is 0 Å². The lowest BCUT2D eigenvalue weighted by Crippen LogP contribution is -2.60. The van der Waals surface area contributed by atoms with Gasteiger partial charge in [-0.05, 0) is 19.3 Å². The second-order valence-electron chi connectivity index (χ2n) is 10.6. The molecule has 0 saturated carbocycles. The Kier molecular flexibility index (Phi) is 17.1. The number of H-pyrrole nitrogens is 1. The lowest BCUT2D eigenvalue weighted by molar-refractivity contribution is -0.138. The number of hydrogen-bond acceptors (Lipinski definition) is 11. The first kappa shape index (κ1) is 40.5. The number of aliphatic carboxylic acids is 1. The van der Waals surface area contributed by atoms with E-state index >= 15 is 0 Å². The molecule has 47 heavy (non-hydrogen) atoms. The number of primary amides is 1. The van der Waals surface area contributed by atoms with E-state index in [1.165, 1.54) is 19.4 Å². The van der Waals surface area contributed by atoms with Gasteiger partial charge in [-0.25, -0.2) is 9.78 Å². The van der Waals surface area contributed by atoms with Crippen molar-refractivity contribution in [1.29, 1.82) is 0 Å². The lowest BCUT2D eigenvalue weighted by atomic mass is 10.0. The molecule has 0 aromatic carbocycles. The number of nitrogens with one attached hydrogen (secondary N) is 7. The quantitative estimate of drug-likeness (QED) is 0.0604. The van der Waals surface area contributed by atoms with Gasteiger partial charge in [-0.1, -0.05) is 13.8 Å². The summed E-state index contributed by atoms with van der Waals surface area (Å²) in [5.74, 6) is -7.25. The van der Waals surface area contributed by atoms with E-state index in [-0.39, 0.29) is 24.3 Å². The molecule has 1 aromatic heterocycles. The zero-order valence-corrected chi connectivity index (χ0v) is 27.6. The molecule has 0 aliphatic rings. The highest BCUT2D eigenvalue weighted by atomic mass is 32.1. The Hall–Kier alpha value is -4.53. The van der Waals surface area contributed by atoms with Crippen molar-refractivity contribution in [1.82, 2.24) is 41.9 Å². The van der Waals surface area contributed by atoms with Crippen LogP contribution in [0.1, 0.15) is 39.3 Å². The van der Waals surface area contributed by atoms with E-state index in [9.17, 15) is 38.4 Å². The van der Waals surface area contributed by atoms with Crippen LogP contribution < -0.4 is 37.6 Å². The Morgan fingerprint density at radius 1 is 0.766 bits per heavy atom. The minimum absolute atomic E-state index is 0.102. The molecule has 0 aliphatic carbocycles. The van der Waals surface area contributed by atoms with Gasteiger partial charge in [-0.2, -0.15) is 25.3 Å². The van der Waals surface area contributed by atoms with Gasteiger partial charge in [0.2, 0.25) is 35.4 Å². The van der Waals surface area contributed by atoms with Crippen molar-refractivity contribution in [3.63, 3.8) is 0 Å². The summed E-state index contributed by atoms with van der Waals surface area (Å²) in [6.07, 6.45) is 0.446. The number of carbonyl (C=O) groups excluding carboxylic acids is 6. The van der Waals surface area contributed by atoms with E-state index in [0.717, 1.165) is 0 Å². The normalized spacial score (nSPS) is 14.7. The molecular formula is C26H41N9O10S2. The van der Waals surface area contributed by atoms with Crippen LogP contribution in [0.25, 0.3) is 0 Å². The molecule has 0 radical (unpaired) electrons. The van der Waals surface area contributed by atoms with E-state index in [1.54, 1.807) is 13.8 Å². The first-order chi connectivity index (χ1) is 22.0. The molecule has 0 spiro atoms. The third-order valence-corrected chi connectivity index (χ3v) is 7.26. The molecule has 7 amide bonds. The van der Waals surface area contributed by atoms with Crippen LogP contribution in [0.15, 0.2) is 12.5 Å². The molecule has 0 saturated heterocycles. The van der Waals surface area contributed by atoms with Crippen LogP contribution >= 0.6 is 25.3 Å². The predicted octanol–water partition coefficient (Wildman–Crippen LogP) is -3.10. The molecule has 6 atom stereocenters. The number of carbonyl (C=O) groups is 8. The number of rotatable bonds is 20. The maximum atomic E-state index is 13.2. The second kappa shape index (κ2) is 19.9. The molecule has 19 nitrogen and oxygen atoms in total. The average Bonchev–Trinajstić information content (AvgIpc) is 3.51. The monoisotopic (exact) mass is 703 g/mol. The fraction of sp³-hybridized carbons (Fsp3) is 0.577. The molecule has 11 N–H and O–H groups in total. The average molecular weight is 704 g/mol. The number of nitrogens with two attached hydrogens (primary N) is 1. The summed E-state index contributed by atoms with van der Waals surface area (Å²) in [4.78, 5) is 105. The fourth-order valence-electron chi connectivity index (χ4n) is 3.92. The molecule has 1 rings (SSSR count). The van der Waals surface area contributed by atoms with Crippen LogP contribution in [0, 0.1) is 5.92 Å². The Labute approximate surface area is 280 Å². The number of carboxylic acids is 1. The smallest absolute Gasteiger partial charge is 0.405 e. The number of imidazole rings is 1. The third kappa shape index (κ3) is 14.2. The van der Waals surface area contributed by atoms with Gasteiger partial charge in [-0.15, -0.1) is 0 Å². The van der Waals surface area contributed by atoms with Crippen molar-refractivity contribution in [2.24, 2.45) is 11.7 Å². The fourth-order valence-corrected chi connectivity index (χ4v) is 4.43. The number of amides is 7. The Morgan fingerprint density at radius 2 is 1.30 bits per heavy atom. The number of aromatic nitrogens is 2. The standard InChI is InChI=1S/C26H41N9O10S2/c1-11(2)19(25(43)33-16(8-46)23(41)31-14(20(27)38)4-5-18(36)37)35-21(39)12(3)30-22(40)15(6-13-7-28-10-29-13)32-24(42)17(9-47)34-26(44)45/h7,10-12,14-17,19,34,46-47H,4-6,8-9H2,1-3H3,(H2,27,38)(H,28,29)(H,30,40)(H,31,41)(H,32,42)(H,33,43)(H,35,39)(H,36,37)(H,44,45)/t12-,14-,15-,16-,17-,19-/m0/s1. The highest BCUT2D eigenvalue weighted by Gasteiger charge is 2.33. The van der Waals surface area contributed by atoms with Gasteiger partial charge in [0.15, 0.2) is 0 Å². The molecule has 1 heterocycles. The number of nitrogens with zero attached hydrogens (tertiary/aromatic N) is 1. The lowest BCUT2D eigenvalue weighted by Gasteiger charge is -2.27. The number of thiol groups is 2. The van der Waals surface area contributed by atoms with Crippen LogP contribution in [0.5, 0.6) is 0 Å². The second-order valence-corrected chi connectivity index (χ2v) is 11.4. The Bertz CT molecular complexity index is 1280. The third-order valence-electron chi connectivity index (χ3n) is 6.53. The van der Waals surface area contributed by atoms with Crippen LogP contribution in [-0.4, -0.2) is 115 Å². The predicted molar refractivity (Wildman–Crippen MR) is 171 cm³/mol. The van der Waals surface area contributed by atoms with E-state index in [0.29, 0.717) is 5.69 Å². The highest BCUT2D eigenvalue weighted by molar-refractivity contribution is 7.80. The van der Waals surface area contributed by atoms with E-state index in [2.05, 4.69) is 61.8 Å². The number of aromatic amines is 1. The zero-order valence-electron chi connectivity index (χ0n) is 25.8. The highest BCUT2D eigenvalue weighted by Crippen LogP contribution is 2.06. The Balaban J connectivity index is 2.97. The van der Waals surface area contributed by atoms with Crippen LogP contribution in [-0.2, 0) is 40.0 Å². The van der Waals surface area contributed by atoms with Crippen molar-refractivity contribution >= 4 is 72.8 Å². The maximum absolute atomic E-state index is 13.2. The molecule has 262 valence electrons. The van der Waals surface area contributed by atoms with Crippen LogP contribution in [0.4, 0.5) is 4.79 Å². The molecule has 0 unspecified atom stereocenters. The van der Waals surface area contributed by atoms with Crippen molar-refractivity contribution in [3.05, 3.63) is 18.2 Å². The minimum Gasteiger partial charge on any atom is -0.481 e. The summed E-state index contributed by atoms with van der Waals surface area (Å²) in [5, 5.41) is 31.9. The van der Waals surface area contributed by atoms with Gasteiger partial charge >= 0.3 is 12.1 Å². The van der Waals surface area contributed by atoms with Gasteiger partial charge in [0.1, 0.15) is 36.3 Å². The molecule has 1 aromatic rings. The van der Waals surface area contributed by atoms with Gasteiger partial charge in [0, 0.05) is 36.2 Å². The largest absolute Gasteiger partial charge is 0.481 e. The summed E-state index contributed by atoms with van der Waals surface area (Å²) >= 11 is 8.03. The van der Waals surface area contributed by atoms with Crippen molar-refractivity contribution in [2.75, 3.05) is 11.5 Å². The van der Waals surface area contributed by atoms with Gasteiger partial charge in [0.05, 0.1) is 6.33 Å². The number of hydrogen-bond donors (Lipinski definition) is 12. The van der Waals surface area contributed by atoms with E-state index < -0.39 is 96.1 Å². The molecule has 0 bridgehead atoms. The zero-order chi connectivity index (χ0) is 35.8. The summed E-state index contributed by atoms with van der Waals surface area (Å²) in [7, 11) is 0. The number of carboxylic acid groups (broad SMARTS) is 2. The van der Waals surface area contributed by atoms with Crippen LogP contribution in [0.2, 0.25) is 0 Å². The van der Waals surface area contributed by atoms with E-state index in [4.69, 9.17) is 15.9 Å². The molecule has 0 fully saturated rings. The molecule has 21 heteroatoms. The van der Waals surface area contributed by atoms with Gasteiger partial charge in [-0.3, -0.25) is 33.6 Å². The van der Waals surface area contributed by atoms with E-state index in [1.807, 2.05) is 5.32 Å². The summed E-state index contributed by atoms with van der Waals surface area (Å²) in [6.45, 7) is 4.54. The molecular weight excluding hydrogens is 662 g/mol. The SMILES string of the molecule is CC(C)[C@H](NC(=O)[C@H](C)NC(=O)[C@H](Cc1cnc[nH]1)NC(=O)[C@H](CS)NC(=O)O)C(=O)N[C@@H](CS)C(=O)N[C@@H](CCC(=O)O)C(N)=O. The van der Waals surface area contributed by atoms with Crippen molar-refractivity contribution < 1.29 is 48.6 Å². The minimum atomic E-state index is -1.48. The van der Waals surface area contributed by atoms with Gasteiger partial charge < -0.3 is 52.8 Å². The van der Waals surface area contributed by atoms with Crippen molar-refractivity contribution in [3.8, 4) is 0 Å². The molecule has 0 aliphatic heterocycles. The summed E-state index contributed by atoms with van der Waals surface area (Å²) in [6, 6.07) is -7.64. The summed E-state index contributed by atoms with van der Waals surface area (Å²) < 4.78 is 0. The Morgan fingerprint density at radius 3 is 1.77 bits per heavy atom.